The summed E-state index contributed by atoms with van der Waals surface area (Å²) in [6.07, 6.45) is 2.01. The van der Waals surface area contributed by atoms with Crippen LogP contribution in [0.15, 0.2) is 24.3 Å². The van der Waals surface area contributed by atoms with Gasteiger partial charge in [-0.3, -0.25) is 4.79 Å². The lowest BCUT2D eigenvalue weighted by Crippen LogP contribution is -2.30. The monoisotopic (exact) mass is 281 g/mol. The Labute approximate surface area is 119 Å². The number of hydrogen-bond donors (Lipinski definition) is 3. The zero-order valence-electron chi connectivity index (χ0n) is 11.8. The van der Waals surface area contributed by atoms with Gasteiger partial charge in [-0.05, 0) is 44.4 Å². The lowest BCUT2D eigenvalue weighted by Gasteiger charge is -2.09. The maximum Gasteiger partial charge on any atom is 0.251 e. The molecule has 0 radical (unpaired) electrons. The lowest BCUT2D eigenvalue weighted by molar-refractivity contribution is 0.0923. The minimum absolute atomic E-state index is 0.207. The van der Waals surface area contributed by atoms with E-state index < -0.39 is 6.10 Å². The first kappa shape index (κ1) is 16.5. The summed E-state index contributed by atoms with van der Waals surface area (Å²) in [4.78, 5) is 11.8. The van der Waals surface area contributed by atoms with E-state index in [4.69, 9.17) is 14.9 Å². The van der Waals surface area contributed by atoms with Crippen molar-refractivity contribution in [3.05, 3.63) is 29.8 Å². The molecule has 1 aromatic rings. The van der Waals surface area contributed by atoms with Crippen LogP contribution in [0.2, 0.25) is 0 Å². The predicted octanol–water partition coefficient (Wildman–Crippen LogP) is 1.34. The van der Waals surface area contributed by atoms with Gasteiger partial charge in [0.1, 0.15) is 5.75 Å². The summed E-state index contributed by atoms with van der Waals surface area (Å²) in [6, 6.07) is 6.96. The van der Waals surface area contributed by atoms with Crippen LogP contribution in [0.5, 0.6) is 5.75 Å². The van der Waals surface area contributed by atoms with Gasteiger partial charge < -0.3 is 20.3 Å². The van der Waals surface area contributed by atoms with Crippen LogP contribution in [0.1, 0.15) is 36.5 Å². The molecule has 3 N–H and O–H groups in total. The van der Waals surface area contributed by atoms with Crippen LogP contribution in [0.25, 0.3) is 0 Å². The molecule has 0 fully saturated rings. The number of nitrogens with one attached hydrogen (secondary N) is 1. The Balaban J connectivity index is 2.42. The maximum absolute atomic E-state index is 11.8. The van der Waals surface area contributed by atoms with Crippen molar-refractivity contribution in [2.24, 2.45) is 0 Å². The number of aliphatic hydroxyl groups excluding tert-OH is 2. The van der Waals surface area contributed by atoms with E-state index >= 15 is 0 Å². The molecule has 1 aromatic carbocycles. The highest BCUT2D eigenvalue weighted by atomic mass is 16.5. The molecule has 5 nitrogen and oxygen atoms in total. The molecule has 0 saturated heterocycles. The first-order chi connectivity index (χ1) is 9.63. The molecule has 0 unspecified atom stereocenters. The van der Waals surface area contributed by atoms with Crippen molar-refractivity contribution in [2.75, 3.05) is 19.8 Å². The number of carbonyl (C=O) groups is 1. The third kappa shape index (κ3) is 6.54. The van der Waals surface area contributed by atoms with Gasteiger partial charge in [0.25, 0.3) is 5.91 Å². The van der Waals surface area contributed by atoms with Gasteiger partial charge in [0.15, 0.2) is 0 Å². The van der Waals surface area contributed by atoms with E-state index in [1.54, 1.807) is 31.2 Å². The largest absolute Gasteiger partial charge is 0.494 e. The van der Waals surface area contributed by atoms with Gasteiger partial charge in [0, 0.05) is 18.7 Å². The zero-order chi connectivity index (χ0) is 14.8. The van der Waals surface area contributed by atoms with Crippen LogP contribution in [0.4, 0.5) is 0 Å². The highest BCUT2D eigenvalue weighted by Gasteiger charge is 2.07. The van der Waals surface area contributed by atoms with Gasteiger partial charge in [-0.1, -0.05) is 6.07 Å². The average Bonchev–Trinajstić information content (AvgIpc) is 2.45. The number of ether oxygens (including phenoxy) is 1. The molecule has 0 aliphatic carbocycles. The van der Waals surface area contributed by atoms with Crippen LogP contribution in [-0.4, -0.2) is 42.0 Å². The normalized spacial score (nSPS) is 11.9. The number of hydrogen-bond acceptors (Lipinski definition) is 4. The highest BCUT2D eigenvalue weighted by Crippen LogP contribution is 2.14. The van der Waals surface area contributed by atoms with Crippen molar-refractivity contribution in [3.63, 3.8) is 0 Å². The summed E-state index contributed by atoms with van der Waals surface area (Å²) in [5.74, 6) is 0.426. The predicted molar refractivity (Wildman–Crippen MR) is 76.9 cm³/mol. The maximum atomic E-state index is 11.8. The molecule has 0 heterocycles. The number of benzene rings is 1. The second-order valence-electron chi connectivity index (χ2n) is 4.72. The molecule has 112 valence electrons. The number of unbranched alkanes of at least 4 members (excludes halogenated alkanes) is 2. The molecule has 1 atom stereocenters. The fraction of sp³-hybridized carbons (Fsp3) is 0.533. The molecule has 0 bridgehead atoms. The summed E-state index contributed by atoms with van der Waals surface area (Å²) in [5, 5.41) is 20.4. The van der Waals surface area contributed by atoms with Crippen molar-refractivity contribution in [1.82, 2.24) is 5.32 Å². The molecular formula is C15H23NO4. The Morgan fingerprint density at radius 3 is 2.85 bits per heavy atom. The van der Waals surface area contributed by atoms with Gasteiger partial charge in [-0.15, -0.1) is 0 Å². The second-order valence-corrected chi connectivity index (χ2v) is 4.72. The Morgan fingerprint density at radius 1 is 1.35 bits per heavy atom. The minimum Gasteiger partial charge on any atom is -0.494 e. The van der Waals surface area contributed by atoms with Crippen LogP contribution >= 0.6 is 0 Å². The van der Waals surface area contributed by atoms with Crippen molar-refractivity contribution < 1.29 is 19.7 Å². The van der Waals surface area contributed by atoms with E-state index in [1.165, 1.54) is 0 Å². The van der Waals surface area contributed by atoms with E-state index in [9.17, 15) is 4.79 Å². The van der Waals surface area contributed by atoms with Crippen molar-refractivity contribution in [1.29, 1.82) is 0 Å². The summed E-state index contributed by atoms with van der Waals surface area (Å²) in [6.45, 7) is 2.62. The van der Waals surface area contributed by atoms with Crippen LogP contribution < -0.4 is 10.1 Å². The van der Waals surface area contributed by atoms with Crippen molar-refractivity contribution >= 4 is 5.91 Å². The smallest absolute Gasteiger partial charge is 0.251 e. The van der Waals surface area contributed by atoms with Crippen molar-refractivity contribution in [3.8, 4) is 5.75 Å². The van der Waals surface area contributed by atoms with Crippen LogP contribution in [-0.2, 0) is 0 Å². The number of rotatable bonds is 9. The average molecular weight is 281 g/mol. The number of carbonyl (C=O) groups excluding carboxylic acids is 1. The molecule has 0 spiro atoms. The van der Waals surface area contributed by atoms with Crippen LogP contribution in [0.3, 0.4) is 0 Å². The molecule has 0 aliphatic heterocycles. The SMILES string of the molecule is C[C@@H](O)CNC(=O)c1cccc(OCCCCCO)c1. The van der Waals surface area contributed by atoms with E-state index in [-0.39, 0.29) is 19.1 Å². The lowest BCUT2D eigenvalue weighted by atomic mass is 10.2. The molecule has 20 heavy (non-hydrogen) atoms. The zero-order valence-corrected chi connectivity index (χ0v) is 11.8. The van der Waals surface area contributed by atoms with Crippen LogP contribution in [0, 0.1) is 0 Å². The Hall–Kier alpha value is -1.59. The molecule has 1 amide bonds. The molecule has 0 saturated carbocycles. The fourth-order valence-electron chi connectivity index (χ4n) is 1.65. The summed E-state index contributed by atoms with van der Waals surface area (Å²) < 4.78 is 5.56. The van der Waals surface area contributed by atoms with E-state index in [2.05, 4.69) is 5.32 Å². The molecule has 5 heteroatoms. The first-order valence-electron chi connectivity index (χ1n) is 6.93. The van der Waals surface area contributed by atoms with Crippen molar-refractivity contribution in [2.45, 2.75) is 32.3 Å². The second kappa shape index (κ2) is 9.34. The number of amides is 1. The molecule has 0 aromatic heterocycles. The Kier molecular flexibility index (Phi) is 7.69. The van der Waals surface area contributed by atoms with Gasteiger partial charge in [0.05, 0.1) is 12.7 Å². The molecular weight excluding hydrogens is 258 g/mol. The highest BCUT2D eigenvalue weighted by molar-refractivity contribution is 5.94. The first-order valence-corrected chi connectivity index (χ1v) is 6.93. The summed E-state index contributed by atoms with van der Waals surface area (Å²) >= 11 is 0. The van der Waals surface area contributed by atoms with E-state index in [0.29, 0.717) is 17.9 Å². The Morgan fingerprint density at radius 2 is 2.15 bits per heavy atom. The fourth-order valence-corrected chi connectivity index (χ4v) is 1.65. The Bertz CT molecular complexity index is 407. The standard InChI is InChI=1S/C15H23NO4/c1-12(18)11-16-15(19)13-6-5-7-14(10-13)20-9-4-2-3-8-17/h5-7,10,12,17-18H,2-4,8-9,11H2,1H3,(H,16,19)/t12-/m1/s1. The van der Waals surface area contributed by atoms with Gasteiger partial charge >= 0.3 is 0 Å². The topological polar surface area (TPSA) is 78.8 Å². The number of aliphatic hydroxyl groups is 2. The minimum atomic E-state index is -0.565. The quantitative estimate of drug-likeness (QED) is 0.597. The molecule has 0 aliphatic rings. The van der Waals surface area contributed by atoms with Gasteiger partial charge in [-0.2, -0.15) is 0 Å². The third-order valence-corrected chi connectivity index (χ3v) is 2.73. The molecule has 1 rings (SSSR count). The van der Waals surface area contributed by atoms with E-state index in [1.807, 2.05) is 0 Å². The third-order valence-electron chi connectivity index (χ3n) is 2.73. The summed E-state index contributed by atoms with van der Waals surface area (Å²) in [5.41, 5.74) is 0.513. The van der Waals surface area contributed by atoms with E-state index in [0.717, 1.165) is 19.3 Å². The summed E-state index contributed by atoms with van der Waals surface area (Å²) in [7, 11) is 0. The van der Waals surface area contributed by atoms with Gasteiger partial charge in [0.2, 0.25) is 0 Å². The van der Waals surface area contributed by atoms with Gasteiger partial charge in [-0.25, -0.2) is 0 Å².